The first kappa shape index (κ1) is 22.6. The molecule has 0 radical (unpaired) electrons. The number of hydrogen-bond acceptors (Lipinski definition) is 5. The Hall–Kier alpha value is -2.12. The number of nitrogens with zero attached hydrogens (tertiary/aromatic N) is 4. The number of anilines is 1. The second kappa shape index (κ2) is 10.8. The zero-order valence-electron chi connectivity index (χ0n) is 18.8. The maximum absolute atomic E-state index is 12.8. The Morgan fingerprint density at radius 3 is 2.20 bits per heavy atom. The largest absolute Gasteiger partial charge is 0.369 e. The summed E-state index contributed by atoms with van der Waals surface area (Å²) in [5.41, 5.74) is 4.00. The molecular formula is C23H37N5O2. The molecule has 30 heavy (non-hydrogen) atoms. The summed E-state index contributed by atoms with van der Waals surface area (Å²) in [4.78, 5) is 33.4. The Balaban J connectivity index is 1.39. The van der Waals surface area contributed by atoms with Gasteiger partial charge in [-0.05, 0) is 37.5 Å². The normalized spacial score (nSPS) is 18.5. The van der Waals surface area contributed by atoms with Gasteiger partial charge in [0.1, 0.15) is 0 Å². The van der Waals surface area contributed by atoms with E-state index in [-0.39, 0.29) is 11.8 Å². The Labute approximate surface area is 181 Å². The quantitative estimate of drug-likeness (QED) is 0.723. The van der Waals surface area contributed by atoms with Gasteiger partial charge in [0.2, 0.25) is 11.8 Å². The van der Waals surface area contributed by atoms with Crippen molar-refractivity contribution >= 4 is 17.5 Å². The van der Waals surface area contributed by atoms with Crippen LogP contribution < -0.4 is 10.2 Å². The fourth-order valence-electron chi connectivity index (χ4n) is 4.20. The molecule has 0 atom stereocenters. The van der Waals surface area contributed by atoms with E-state index in [1.165, 1.54) is 16.8 Å². The predicted octanol–water partition coefficient (Wildman–Crippen LogP) is 1.10. The van der Waals surface area contributed by atoms with E-state index in [0.29, 0.717) is 26.2 Å². The lowest BCUT2D eigenvalue weighted by Crippen LogP contribution is -2.54. The van der Waals surface area contributed by atoms with Crippen LogP contribution in [0.15, 0.2) is 18.2 Å². The molecule has 2 amide bonds. The number of aryl methyl sites for hydroxylation is 1. The van der Waals surface area contributed by atoms with Crippen LogP contribution in [-0.4, -0.2) is 98.5 Å². The van der Waals surface area contributed by atoms with E-state index in [9.17, 15) is 9.59 Å². The van der Waals surface area contributed by atoms with Gasteiger partial charge < -0.3 is 15.1 Å². The molecule has 3 rings (SSSR count). The SMILES string of the molecule is CCCNC(=O)CN1CCN(C(=O)CN2CCN(c3cccc(C)c3C)CC2)CC1. The predicted molar refractivity (Wildman–Crippen MR) is 121 cm³/mol. The van der Waals surface area contributed by atoms with E-state index in [2.05, 4.69) is 52.1 Å². The lowest BCUT2D eigenvalue weighted by atomic mass is 10.1. The molecule has 0 saturated carbocycles. The number of nitrogens with one attached hydrogen (secondary N) is 1. The topological polar surface area (TPSA) is 59.1 Å². The van der Waals surface area contributed by atoms with Crippen LogP contribution in [-0.2, 0) is 9.59 Å². The van der Waals surface area contributed by atoms with E-state index in [4.69, 9.17) is 0 Å². The molecule has 0 unspecified atom stereocenters. The summed E-state index contributed by atoms with van der Waals surface area (Å²) in [5, 5.41) is 2.92. The summed E-state index contributed by atoms with van der Waals surface area (Å²) in [6.07, 6.45) is 0.951. The second-order valence-electron chi connectivity index (χ2n) is 8.49. The molecule has 2 fully saturated rings. The summed E-state index contributed by atoms with van der Waals surface area (Å²) >= 11 is 0. The highest BCUT2D eigenvalue weighted by molar-refractivity contribution is 5.79. The third-order valence-electron chi connectivity index (χ3n) is 6.31. The van der Waals surface area contributed by atoms with Crippen molar-refractivity contribution in [3.8, 4) is 0 Å². The molecule has 166 valence electrons. The van der Waals surface area contributed by atoms with E-state index in [1.54, 1.807) is 0 Å². The van der Waals surface area contributed by atoms with Crippen LogP contribution in [0.2, 0.25) is 0 Å². The second-order valence-corrected chi connectivity index (χ2v) is 8.49. The maximum Gasteiger partial charge on any atom is 0.236 e. The fourth-order valence-corrected chi connectivity index (χ4v) is 4.20. The molecule has 0 spiro atoms. The van der Waals surface area contributed by atoms with Crippen molar-refractivity contribution in [2.45, 2.75) is 27.2 Å². The van der Waals surface area contributed by atoms with Gasteiger partial charge in [-0.3, -0.25) is 19.4 Å². The smallest absolute Gasteiger partial charge is 0.236 e. The molecule has 1 N–H and O–H groups in total. The lowest BCUT2D eigenvalue weighted by molar-refractivity contribution is -0.134. The van der Waals surface area contributed by atoms with Gasteiger partial charge in [0.05, 0.1) is 13.1 Å². The molecule has 1 aromatic carbocycles. The standard InChI is InChI=1S/C23H37N5O2/c1-4-8-24-22(29)17-25-11-15-28(16-12-25)23(30)18-26-9-13-27(14-10-26)21-7-5-6-19(2)20(21)3/h5-7H,4,8-18H2,1-3H3,(H,24,29). The van der Waals surface area contributed by atoms with Crippen LogP contribution in [0.1, 0.15) is 24.5 Å². The molecule has 2 saturated heterocycles. The average molecular weight is 416 g/mol. The van der Waals surface area contributed by atoms with Gasteiger partial charge in [-0.25, -0.2) is 0 Å². The van der Waals surface area contributed by atoms with E-state index >= 15 is 0 Å². The van der Waals surface area contributed by atoms with Gasteiger partial charge in [0.25, 0.3) is 0 Å². The maximum atomic E-state index is 12.8. The average Bonchev–Trinajstić information content (AvgIpc) is 2.75. The number of benzene rings is 1. The van der Waals surface area contributed by atoms with E-state index < -0.39 is 0 Å². The van der Waals surface area contributed by atoms with Gasteiger partial charge in [-0.15, -0.1) is 0 Å². The van der Waals surface area contributed by atoms with Crippen molar-refractivity contribution in [3.05, 3.63) is 29.3 Å². The minimum Gasteiger partial charge on any atom is -0.369 e. The summed E-state index contributed by atoms with van der Waals surface area (Å²) in [5.74, 6) is 0.295. The number of hydrogen-bond donors (Lipinski definition) is 1. The molecule has 0 aromatic heterocycles. The summed E-state index contributed by atoms with van der Waals surface area (Å²) in [6, 6.07) is 6.48. The molecular weight excluding hydrogens is 378 g/mol. The van der Waals surface area contributed by atoms with Crippen LogP contribution in [0, 0.1) is 13.8 Å². The van der Waals surface area contributed by atoms with Crippen molar-refractivity contribution in [3.63, 3.8) is 0 Å². The zero-order chi connectivity index (χ0) is 21.5. The molecule has 7 nitrogen and oxygen atoms in total. The molecule has 0 aliphatic carbocycles. The highest BCUT2D eigenvalue weighted by atomic mass is 16.2. The zero-order valence-corrected chi connectivity index (χ0v) is 18.8. The van der Waals surface area contributed by atoms with Crippen LogP contribution in [0.5, 0.6) is 0 Å². The molecule has 2 aliphatic heterocycles. The van der Waals surface area contributed by atoms with E-state index in [0.717, 1.165) is 52.2 Å². The summed E-state index contributed by atoms with van der Waals surface area (Å²) < 4.78 is 0. The Bertz CT molecular complexity index is 722. The Morgan fingerprint density at radius 2 is 1.53 bits per heavy atom. The van der Waals surface area contributed by atoms with Crippen molar-refractivity contribution in [2.24, 2.45) is 0 Å². The Kier molecular flexibility index (Phi) is 8.10. The van der Waals surface area contributed by atoms with Crippen LogP contribution >= 0.6 is 0 Å². The van der Waals surface area contributed by atoms with Crippen LogP contribution in [0.4, 0.5) is 5.69 Å². The molecule has 0 bridgehead atoms. The molecule has 1 aromatic rings. The monoisotopic (exact) mass is 415 g/mol. The van der Waals surface area contributed by atoms with Gasteiger partial charge >= 0.3 is 0 Å². The van der Waals surface area contributed by atoms with Crippen LogP contribution in [0.3, 0.4) is 0 Å². The number of rotatable bonds is 7. The van der Waals surface area contributed by atoms with Crippen LogP contribution in [0.25, 0.3) is 0 Å². The number of carbonyl (C=O) groups excluding carboxylic acids is 2. The minimum atomic E-state index is 0.0818. The highest BCUT2D eigenvalue weighted by Crippen LogP contribution is 2.23. The van der Waals surface area contributed by atoms with Crippen molar-refractivity contribution in [1.82, 2.24) is 20.0 Å². The number of carbonyl (C=O) groups is 2. The highest BCUT2D eigenvalue weighted by Gasteiger charge is 2.25. The number of amides is 2. The van der Waals surface area contributed by atoms with E-state index in [1.807, 2.05) is 11.8 Å². The Morgan fingerprint density at radius 1 is 0.900 bits per heavy atom. The van der Waals surface area contributed by atoms with Crippen molar-refractivity contribution < 1.29 is 9.59 Å². The summed E-state index contributed by atoms with van der Waals surface area (Å²) in [7, 11) is 0. The van der Waals surface area contributed by atoms with Gasteiger partial charge in [0.15, 0.2) is 0 Å². The number of piperazine rings is 2. The van der Waals surface area contributed by atoms with Crippen molar-refractivity contribution in [2.75, 3.05) is 76.9 Å². The summed E-state index contributed by atoms with van der Waals surface area (Å²) in [6.45, 7) is 14.8. The molecule has 2 heterocycles. The van der Waals surface area contributed by atoms with Gasteiger partial charge in [-0.1, -0.05) is 19.1 Å². The van der Waals surface area contributed by atoms with Gasteiger partial charge in [0, 0.05) is 64.6 Å². The van der Waals surface area contributed by atoms with Gasteiger partial charge in [-0.2, -0.15) is 0 Å². The fraction of sp³-hybridized carbons (Fsp3) is 0.652. The first-order valence-corrected chi connectivity index (χ1v) is 11.3. The minimum absolute atomic E-state index is 0.0818. The first-order chi connectivity index (χ1) is 14.5. The third kappa shape index (κ3) is 5.95. The molecule has 7 heteroatoms. The molecule has 2 aliphatic rings. The van der Waals surface area contributed by atoms with Crippen molar-refractivity contribution in [1.29, 1.82) is 0 Å². The lowest BCUT2D eigenvalue weighted by Gasteiger charge is -2.39. The third-order valence-corrected chi connectivity index (χ3v) is 6.31. The first-order valence-electron chi connectivity index (χ1n) is 11.3.